The summed E-state index contributed by atoms with van der Waals surface area (Å²) in [5.74, 6) is 1.71. The van der Waals surface area contributed by atoms with Gasteiger partial charge in [-0.1, -0.05) is 24.3 Å². The van der Waals surface area contributed by atoms with Gasteiger partial charge in [-0.3, -0.25) is 0 Å². The predicted octanol–water partition coefficient (Wildman–Crippen LogP) is 4.31. The predicted molar refractivity (Wildman–Crippen MR) is 123 cm³/mol. The smallest absolute Gasteiger partial charge is 0.131 e. The van der Waals surface area contributed by atoms with E-state index in [0.717, 1.165) is 49.2 Å². The van der Waals surface area contributed by atoms with Crippen molar-refractivity contribution in [3.05, 3.63) is 83.8 Å². The lowest BCUT2D eigenvalue weighted by Crippen LogP contribution is -2.20. The number of anilines is 2. The molecule has 0 aliphatic carbocycles. The highest BCUT2D eigenvalue weighted by Crippen LogP contribution is 2.23. The quantitative estimate of drug-likeness (QED) is 0.695. The Balaban J connectivity index is 1.30. The van der Waals surface area contributed by atoms with Crippen molar-refractivity contribution in [1.82, 2.24) is 14.9 Å². The second-order valence-corrected chi connectivity index (χ2v) is 8.18. The van der Waals surface area contributed by atoms with E-state index in [0.29, 0.717) is 5.82 Å². The van der Waals surface area contributed by atoms with Crippen molar-refractivity contribution in [2.45, 2.75) is 25.8 Å². The van der Waals surface area contributed by atoms with Gasteiger partial charge in [0.05, 0.1) is 0 Å². The summed E-state index contributed by atoms with van der Waals surface area (Å²) in [7, 11) is 0. The SMILES string of the molecule is Nc1nccc2cc(CN3C=C(Cc4ccnc(N5CCCC5)c4)C=CC3)ccc12. The van der Waals surface area contributed by atoms with Crippen LogP contribution >= 0.6 is 0 Å². The molecule has 5 nitrogen and oxygen atoms in total. The first kappa shape index (κ1) is 18.7. The first-order valence-electron chi connectivity index (χ1n) is 10.7. The van der Waals surface area contributed by atoms with Crippen LogP contribution in [-0.4, -0.2) is 34.5 Å². The Bertz CT molecular complexity index is 1110. The average Bonchev–Trinajstić information content (AvgIpc) is 3.29. The molecule has 30 heavy (non-hydrogen) atoms. The molecule has 1 aromatic carbocycles. The van der Waals surface area contributed by atoms with Gasteiger partial charge < -0.3 is 15.5 Å². The van der Waals surface area contributed by atoms with Crippen LogP contribution in [0, 0.1) is 0 Å². The van der Waals surface area contributed by atoms with Crippen molar-refractivity contribution in [2.24, 2.45) is 0 Å². The summed E-state index contributed by atoms with van der Waals surface area (Å²) in [4.78, 5) is 13.5. The summed E-state index contributed by atoms with van der Waals surface area (Å²) < 4.78 is 0. The molecule has 0 spiro atoms. The number of nitrogens with zero attached hydrogens (tertiary/aromatic N) is 4. The Morgan fingerprint density at radius 3 is 2.70 bits per heavy atom. The number of aromatic nitrogens is 2. The van der Waals surface area contributed by atoms with Crippen LogP contribution in [-0.2, 0) is 13.0 Å². The van der Waals surface area contributed by atoms with Crippen molar-refractivity contribution >= 4 is 22.4 Å². The minimum Gasteiger partial charge on any atom is -0.383 e. The molecule has 3 aromatic rings. The zero-order valence-corrected chi connectivity index (χ0v) is 17.2. The minimum absolute atomic E-state index is 0.591. The number of pyridine rings is 2. The average molecular weight is 398 g/mol. The molecular weight excluding hydrogens is 370 g/mol. The lowest BCUT2D eigenvalue weighted by molar-refractivity contribution is 0.401. The standard InChI is InChI=1S/C25H27N5/c26-25-23-6-5-21(15-22(23)8-10-28-25)18-29-11-3-4-20(17-29)14-19-7-9-27-24(16-19)30-12-1-2-13-30/h3-10,15-17H,1-2,11-14,18H2,(H2,26,28). The van der Waals surface area contributed by atoms with E-state index < -0.39 is 0 Å². The summed E-state index contributed by atoms with van der Waals surface area (Å²) >= 11 is 0. The van der Waals surface area contributed by atoms with Gasteiger partial charge in [-0.2, -0.15) is 0 Å². The largest absolute Gasteiger partial charge is 0.383 e. The van der Waals surface area contributed by atoms with Gasteiger partial charge in [0.2, 0.25) is 0 Å². The van der Waals surface area contributed by atoms with Gasteiger partial charge in [-0.05, 0) is 65.6 Å². The number of nitrogens with two attached hydrogens (primary N) is 1. The summed E-state index contributed by atoms with van der Waals surface area (Å²) in [5.41, 5.74) is 9.91. The zero-order valence-electron chi connectivity index (χ0n) is 17.2. The molecule has 2 aliphatic heterocycles. The molecule has 5 rings (SSSR count). The maximum absolute atomic E-state index is 5.98. The van der Waals surface area contributed by atoms with Crippen LogP contribution in [0.15, 0.2) is 72.7 Å². The number of rotatable bonds is 5. The summed E-state index contributed by atoms with van der Waals surface area (Å²) in [6.45, 7) is 4.05. The Labute approximate surface area is 177 Å². The van der Waals surface area contributed by atoms with Crippen LogP contribution in [0.1, 0.15) is 24.0 Å². The molecule has 2 N–H and O–H groups in total. The Kier molecular flexibility index (Phi) is 5.10. The van der Waals surface area contributed by atoms with Crippen LogP contribution in [0.25, 0.3) is 10.8 Å². The van der Waals surface area contributed by atoms with E-state index in [-0.39, 0.29) is 0 Å². The third-order valence-corrected chi connectivity index (χ3v) is 5.91. The number of hydrogen-bond donors (Lipinski definition) is 1. The fourth-order valence-electron chi connectivity index (χ4n) is 4.39. The van der Waals surface area contributed by atoms with Gasteiger partial charge in [-0.25, -0.2) is 9.97 Å². The van der Waals surface area contributed by atoms with E-state index in [2.05, 4.69) is 68.5 Å². The number of fused-ring (bicyclic) bond motifs is 1. The van der Waals surface area contributed by atoms with E-state index in [4.69, 9.17) is 5.73 Å². The maximum atomic E-state index is 5.98. The second kappa shape index (κ2) is 8.19. The highest BCUT2D eigenvalue weighted by molar-refractivity contribution is 5.91. The number of benzene rings is 1. The molecule has 0 amide bonds. The van der Waals surface area contributed by atoms with E-state index in [1.54, 1.807) is 6.20 Å². The molecule has 4 heterocycles. The topological polar surface area (TPSA) is 58.3 Å². The minimum atomic E-state index is 0.591. The third-order valence-electron chi connectivity index (χ3n) is 5.91. The molecule has 2 aliphatic rings. The molecule has 5 heteroatoms. The number of nitrogen functional groups attached to an aromatic ring is 1. The normalized spacial score (nSPS) is 16.3. The fourth-order valence-corrected chi connectivity index (χ4v) is 4.39. The first-order valence-corrected chi connectivity index (χ1v) is 10.7. The summed E-state index contributed by atoms with van der Waals surface area (Å²) in [6, 6.07) is 12.8. The van der Waals surface area contributed by atoms with Crippen LogP contribution in [0.4, 0.5) is 11.6 Å². The van der Waals surface area contributed by atoms with E-state index in [1.165, 1.54) is 29.5 Å². The van der Waals surface area contributed by atoms with Gasteiger partial charge in [0.15, 0.2) is 0 Å². The molecular formula is C25H27N5. The van der Waals surface area contributed by atoms with Gasteiger partial charge in [-0.15, -0.1) is 0 Å². The number of hydrogen-bond acceptors (Lipinski definition) is 5. The van der Waals surface area contributed by atoms with Gasteiger partial charge in [0.25, 0.3) is 0 Å². The monoisotopic (exact) mass is 397 g/mol. The molecule has 1 saturated heterocycles. The van der Waals surface area contributed by atoms with E-state index >= 15 is 0 Å². The van der Waals surface area contributed by atoms with E-state index in [1.807, 2.05) is 12.3 Å². The van der Waals surface area contributed by atoms with Crippen molar-refractivity contribution in [2.75, 3.05) is 30.3 Å². The molecule has 0 radical (unpaired) electrons. The van der Waals surface area contributed by atoms with Gasteiger partial charge in [0, 0.05) is 50.2 Å². The van der Waals surface area contributed by atoms with Crippen molar-refractivity contribution in [1.29, 1.82) is 0 Å². The Morgan fingerprint density at radius 1 is 0.933 bits per heavy atom. The molecule has 0 bridgehead atoms. The Hall–Kier alpha value is -3.34. The zero-order chi connectivity index (χ0) is 20.3. The van der Waals surface area contributed by atoms with Crippen molar-refractivity contribution < 1.29 is 0 Å². The summed E-state index contributed by atoms with van der Waals surface area (Å²) in [6.07, 6.45) is 14.0. The summed E-state index contributed by atoms with van der Waals surface area (Å²) in [5, 5.41) is 2.16. The van der Waals surface area contributed by atoms with Crippen LogP contribution in [0.5, 0.6) is 0 Å². The molecule has 2 aromatic heterocycles. The maximum Gasteiger partial charge on any atom is 0.131 e. The number of allylic oxidation sites excluding steroid dienone is 2. The molecule has 0 atom stereocenters. The highest BCUT2D eigenvalue weighted by Gasteiger charge is 2.14. The van der Waals surface area contributed by atoms with Crippen LogP contribution < -0.4 is 10.6 Å². The van der Waals surface area contributed by atoms with E-state index in [9.17, 15) is 0 Å². The fraction of sp³-hybridized carbons (Fsp3) is 0.280. The Morgan fingerprint density at radius 2 is 1.80 bits per heavy atom. The van der Waals surface area contributed by atoms with Crippen LogP contribution in [0.2, 0.25) is 0 Å². The van der Waals surface area contributed by atoms with Gasteiger partial charge >= 0.3 is 0 Å². The second-order valence-electron chi connectivity index (χ2n) is 8.18. The van der Waals surface area contributed by atoms with Crippen molar-refractivity contribution in [3.63, 3.8) is 0 Å². The van der Waals surface area contributed by atoms with Crippen molar-refractivity contribution in [3.8, 4) is 0 Å². The lowest BCUT2D eigenvalue weighted by atomic mass is 10.0. The molecule has 1 fully saturated rings. The van der Waals surface area contributed by atoms with Crippen LogP contribution in [0.3, 0.4) is 0 Å². The first-order chi connectivity index (χ1) is 14.7. The lowest BCUT2D eigenvalue weighted by Gasteiger charge is -2.24. The third kappa shape index (κ3) is 4.01. The molecule has 152 valence electrons. The molecule has 0 unspecified atom stereocenters. The van der Waals surface area contributed by atoms with Gasteiger partial charge in [0.1, 0.15) is 11.6 Å². The molecule has 0 saturated carbocycles. The highest BCUT2D eigenvalue weighted by atomic mass is 15.2.